The van der Waals surface area contributed by atoms with Crippen LogP contribution in [-0.4, -0.2) is 42.4 Å². The van der Waals surface area contributed by atoms with Gasteiger partial charge >= 0.3 is 0 Å². The summed E-state index contributed by atoms with van der Waals surface area (Å²) in [6.07, 6.45) is 3.88. The number of rotatable bonds is 6. The van der Waals surface area contributed by atoms with Crippen molar-refractivity contribution in [3.8, 4) is 5.69 Å². The average Bonchev–Trinajstić information content (AvgIpc) is 3.23. The van der Waals surface area contributed by atoms with E-state index in [4.69, 9.17) is 0 Å². The Hall–Kier alpha value is -3.29. The highest BCUT2D eigenvalue weighted by Gasteiger charge is 2.21. The standard InChI is InChI=1S/C19H22N6O2/c1-4-11-24-18(26)10-9-17(22-24)19(27)23(3)14(2)15-5-7-16(8-6-15)25-13-20-12-21-25/h5-10,12-14H,4,11H2,1-3H3. The molecular formula is C19H22N6O2. The number of carbonyl (C=O) groups is 1. The van der Waals surface area contributed by atoms with Crippen LogP contribution in [0.25, 0.3) is 5.69 Å². The van der Waals surface area contributed by atoms with Gasteiger partial charge in [-0.05, 0) is 37.1 Å². The van der Waals surface area contributed by atoms with Crippen LogP contribution >= 0.6 is 0 Å². The van der Waals surface area contributed by atoms with Gasteiger partial charge in [0.1, 0.15) is 18.3 Å². The minimum absolute atomic E-state index is 0.157. The third-order valence-electron chi connectivity index (χ3n) is 4.48. The number of carbonyl (C=O) groups excluding carboxylic acids is 1. The van der Waals surface area contributed by atoms with Crippen molar-refractivity contribution in [2.45, 2.75) is 32.9 Å². The zero-order chi connectivity index (χ0) is 19.4. The zero-order valence-electron chi connectivity index (χ0n) is 15.6. The SMILES string of the molecule is CCCn1nc(C(=O)N(C)C(C)c2ccc(-n3cncn3)cc2)ccc1=O. The van der Waals surface area contributed by atoms with Crippen LogP contribution in [0.2, 0.25) is 0 Å². The molecule has 1 aromatic carbocycles. The number of aromatic nitrogens is 5. The van der Waals surface area contributed by atoms with E-state index in [0.717, 1.165) is 17.7 Å². The molecule has 0 spiro atoms. The summed E-state index contributed by atoms with van der Waals surface area (Å²) in [5, 5.41) is 8.30. The first-order valence-electron chi connectivity index (χ1n) is 8.81. The summed E-state index contributed by atoms with van der Waals surface area (Å²) in [4.78, 5) is 30.2. The maximum Gasteiger partial charge on any atom is 0.274 e. The zero-order valence-corrected chi connectivity index (χ0v) is 15.6. The second-order valence-electron chi connectivity index (χ2n) is 6.30. The van der Waals surface area contributed by atoms with Gasteiger partial charge in [0, 0.05) is 19.7 Å². The molecule has 2 aromatic heterocycles. The Labute approximate surface area is 157 Å². The topological polar surface area (TPSA) is 85.9 Å². The molecule has 0 saturated carbocycles. The fraction of sp³-hybridized carbons (Fsp3) is 0.316. The van der Waals surface area contributed by atoms with Crippen molar-refractivity contribution in [3.05, 3.63) is 70.7 Å². The molecule has 0 bridgehead atoms. The lowest BCUT2D eigenvalue weighted by Crippen LogP contribution is -2.33. The predicted octanol–water partition coefficient (Wildman–Crippen LogP) is 2.07. The van der Waals surface area contributed by atoms with Crippen molar-refractivity contribution in [2.24, 2.45) is 0 Å². The van der Waals surface area contributed by atoms with E-state index < -0.39 is 0 Å². The molecule has 0 saturated heterocycles. The van der Waals surface area contributed by atoms with Gasteiger partial charge in [-0.15, -0.1) is 0 Å². The van der Waals surface area contributed by atoms with E-state index in [1.165, 1.54) is 23.1 Å². The molecular weight excluding hydrogens is 344 g/mol. The Morgan fingerprint density at radius 2 is 1.93 bits per heavy atom. The van der Waals surface area contributed by atoms with E-state index in [0.29, 0.717) is 6.54 Å². The highest BCUT2D eigenvalue weighted by atomic mass is 16.2. The highest BCUT2D eigenvalue weighted by Crippen LogP contribution is 2.21. The molecule has 2 heterocycles. The van der Waals surface area contributed by atoms with Crippen molar-refractivity contribution in [1.82, 2.24) is 29.4 Å². The number of aryl methyl sites for hydroxylation is 1. The number of hydrogen-bond donors (Lipinski definition) is 0. The smallest absolute Gasteiger partial charge is 0.274 e. The van der Waals surface area contributed by atoms with E-state index in [2.05, 4.69) is 15.2 Å². The summed E-state index contributed by atoms with van der Waals surface area (Å²) >= 11 is 0. The Kier molecular flexibility index (Phi) is 5.44. The molecule has 3 aromatic rings. The number of amides is 1. The fourth-order valence-electron chi connectivity index (χ4n) is 2.76. The summed E-state index contributed by atoms with van der Waals surface area (Å²) in [6.45, 7) is 4.40. The lowest BCUT2D eigenvalue weighted by atomic mass is 10.1. The fourth-order valence-corrected chi connectivity index (χ4v) is 2.76. The van der Waals surface area contributed by atoms with Gasteiger partial charge in [-0.1, -0.05) is 19.1 Å². The summed E-state index contributed by atoms with van der Waals surface area (Å²) in [5.41, 5.74) is 1.94. The van der Waals surface area contributed by atoms with Crippen molar-refractivity contribution in [1.29, 1.82) is 0 Å². The predicted molar refractivity (Wildman–Crippen MR) is 101 cm³/mol. The first-order valence-corrected chi connectivity index (χ1v) is 8.81. The molecule has 3 rings (SSSR count). The molecule has 1 amide bonds. The summed E-state index contributed by atoms with van der Waals surface area (Å²) in [6, 6.07) is 10.5. The van der Waals surface area contributed by atoms with E-state index >= 15 is 0 Å². The molecule has 27 heavy (non-hydrogen) atoms. The van der Waals surface area contributed by atoms with Gasteiger partial charge < -0.3 is 4.90 Å². The number of nitrogens with zero attached hydrogens (tertiary/aromatic N) is 6. The molecule has 0 aliphatic rings. The molecule has 140 valence electrons. The quantitative estimate of drug-likeness (QED) is 0.667. The van der Waals surface area contributed by atoms with Crippen LogP contribution in [0, 0.1) is 0 Å². The van der Waals surface area contributed by atoms with Crippen LogP contribution < -0.4 is 5.56 Å². The lowest BCUT2D eigenvalue weighted by molar-refractivity contribution is 0.0733. The van der Waals surface area contributed by atoms with Gasteiger partial charge in [-0.25, -0.2) is 14.3 Å². The highest BCUT2D eigenvalue weighted by molar-refractivity contribution is 5.92. The van der Waals surface area contributed by atoms with E-state index in [1.807, 2.05) is 38.1 Å². The molecule has 8 nitrogen and oxygen atoms in total. The largest absolute Gasteiger partial charge is 0.334 e. The molecule has 0 fully saturated rings. The Morgan fingerprint density at radius 3 is 2.56 bits per heavy atom. The minimum atomic E-state index is -0.229. The third-order valence-corrected chi connectivity index (χ3v) is 4.48. The van der Waals surface area contributed by atoms with E-state index in [9.17, 15) is 9.59 Å². The lowest BCUT2D eigenvalue weighted by Gasteiger charge is -2.25. The normalized spacial score (nSPS) is 12.0. The van der Waals surface area contributed by atoms with E-state index in [1.54, 1.807) is 23.0 Å². The summed E-state index contributed by atoms with van der Waals surface area (Å²) in [7, 11) is 1.73. The van der Waals surface area contributed by atoms with E-state index in [-0.39, 0.29) is 23.2 Å². The van der Waals surface area contributed by atoms with Crippen LogP contribution in [0.4, 0.5) is 0 Å². The first-order chi connectivity index (χ1) is 13.0. The molecule has 1 atom stereocenters. The maximum atomic E-state index is 12.8. The molecule has 1 unspecified atom stereocenters. The van der Waals surface area contributed by atoms with Crippen LogP contribution in [0.15, 0.2) is 53.8 Å². The Balaban J connectivity index is 1.78. The van der Waals surface area contributed by atoms with Gasteiger partial charge in [-0.2, -0.15) is 10.2 Å². The first kappa shape index (κ1) is 18.5. The average molecular weight is 366 g/mol. The summed E-state index contributed by atoms with van der Waals surface area (Å²) in [5.74, 6) is -0.229. The van der Waals surface area contributed by atoms with Gasteiger partial charge in [0.25, 0.3) is 11.5 Å². The number of benzene rings is 1. The third kappa shape index (κ3) is 3.94. The van der Waals surface area contributed by atoms with Gasteiger partial charge in [-0.3, -0.25) is 9.59 Å². The molecule has 0 aliphatic carbocycles. The second kappa shape index (κ2) is 7.94. The van der Waals surface area contributed by atoms with Crippen LogP contribution in [-0.2, 0) is 6.54 Å². The van der Waals surface area contributed by atoms with Crippen molar-refractivity contribution >= 4 is 5.91 Å². The molecule has 0 N–H and O–H groups in total. The maximum absolute atomic E-state index is 12.8. The molecule has 0 radical (unpaired) electrons. The Bertz CT molecular complexity index is 963. The monoisotopic (exact) mass is 366 g/mol. The Morgan fingerprint density at radius 1 is 1.19 bits per heavy atom. The van der Waals surface area contributed by atoms with Crippen molar-refractivity contribution in [2.75, 3.05) is 7.05 Å². The van der Waals surface area contributed by atoms with Gasteiger partial charge in [0.05, 0.1) is 11.7 Å². The van der Waals surface area contributed by atoms with Crippen LogP contribution in [0.1, 0.15) is 42.4 Å². The minimum Gasteiger partial charge on any atom is -0.334 e. The molecule has 0 aliphatic heterocycles. The van der Waals surface area contributed by atoms with Gasteiger partial charge in [0.2, 0.25) is 0 Å². The van der Waals surface area contributed by atoms with Gasteiger partial charge in [0.15, 0.2) is 0 Å². The van der Waals surface area contributed by atoms with Crippen molar-refractivity contribution in [3.63, 3.8) is 0 Å². The second-order valence-corrected chi connectivity index (χ2v) is 6.30. The number of hydrogen-bond acceptors (Lipinski definition) is 5. The summed E-state index contributed by atoms with van der Waals surface area (Å²) < 4.78 is 3.00. The molecule has 8 heteroatoms. The van der Waals surface area contributed by atoms with Crippen LogP contribution in [0.5, 0.6) is 0 Å². The van der Waals surface area contributed by atoms with Crippen molar-refractivity contribution < 1.29 is 4.79 Å². The van der Waals surface area contributed by atoms with Crippen LogP contribution in [0.3, 0.4) is 0 Å².